The number of fused-ring (bicyclic) bond motifs is 5. The second-order valence-corrected chi connectivity index (χ2v) is 9.04. The van der Waals surface area contributed by atoms with Gasteiger partial charge in [-0.3, -0.25) is 19.7 Å². The number of nitro groups is 1. The smallest absolute Gasteiger partial charge is 0.335 e. The van der Waals surface area contributed by atoms with Gasteiger partial charge in [0.25, 0.3) is 11.8 Å². The summed E-state index contributed by atoms with van der Waals surface area (Å²) in [6.45, 7) is -0.148. The number of carbonyl (C=O) groups excluding carboxylic acids is 2. The zero-order chi connectivity index (χ0) is 24.9. The number of ether oxygens (including phenoxy) is 1. The summed E-state index contributed by atoms with van der Waals surface area (Å²) in [6, 6.07) is 8.51. The molecule has 1 saturated heterocycles. The van der Waals surface area contributed by atoms with Crippen LogP contribution in [0.15, 0.2) is 53.7 Å². The van der Waals surface area contributed by atoms with Crippen molar-refractivity contribution in [1.82, 2.24) is 5.01 Å². The van der Waals surface area contributed by atoms with Crippen molar-refractivity contribution >= 4 is 41.3 Å². The molecule has 1 heterocycles. The van der Waals surface area contributed by atoms with Crippen LogP contribution in [0.3, 0.4) is 0 Å². The van der Waals surface area contributed by atoms with Crippen LogP contribution in [0.2, 0.25) is 5.02 Å². The van der Waals surface area contributed by atoms with Crippen molar-refractivity contribution in [3.05, 3.63) is 80.4 Å². The highest BCUT2D eigenvalue weighted by Crippen LogP contribution is 2.52. The fourth-order valence-electron chi connectivity index (χ4n) is 5.03. The van der Waals surface area contributed by atoms with E-state index in [1.807, 2.05) is 12.2 Å². The maximum atomic E-state index is 12.8. The first-order valence-electron chi connectivity index (χ1n) is 10.8. The molecule has 2 amide bonds. The molecule has 1 aliphatic heterocycles. The highest BCUT2D eigenvalue weighted by atomic mass is 35.5. The Morgan fingerprint density at radius 1 is 1.20 bits per heavy atom. The second-order valence-electron chi connectivity index (χ2n) is 8.64. The maximum Gasteiger partial charge on any atom is 0.335 e. The molecule has 2 bridgehead atoms. The van der Waals surface area contributed by atoms with E-state index >= 15 is 0 Å². The Morgan fingerprint density at radius 3 is 2.51 bits per heavy atom. The van der Waals surface area contributed by atoms with Gasteiger partial charge in [-0.1, -0.05) is 35.9 Å². The Hall–Kier alpha value is -4.05. The predicted molar refractivity (Wildman–Crippen MR) is 123 cm³/mol. The second kappa shape index (κ2) is 8.62. The number of nitro benzene ring substituents is 1. The molecule has 5 rings (SSSR count). The zero-order valence-electron chi connectivity index (χ0n) is 18.0. The molecule has 10 nitrogen and oxygen atoms in total. The van der Waals surface area contributed by atoms with Crippen molar-refractivity contribution in [2.45, 2.75) is 13.0 Å². The standard InChI is InChI=1S/C24H18ClN3O7/c25-17-7-13(10-26-27-22(29)19-14-4-5-15(9-14)20(19)23(27)30)8-18(28(33)34)21(17)35-11-12-2-1-3-16(6-12)24(31)32/h1-8,10,14-15,19-20H,9,11H2,(H,31,32)/t14-,15-,19-,20+/m0/s1. The topological polar surface area (TPSA) is 139 Å². The average molecular weight is 496 g/mol. The van der Waals surface area contributed by atoms with Crippen molar-refractivity contribution in [1.29, 1.82) is 0 Å². The van der Waals surface area contributed by atoms with E-state index in [0.717, 1.165) is 11.4 Å². The number of carbonyl (C=O) groups is 3. The number of aromatic carboxylic acids is 1. The minimum absolute atomic E-state index is 0.0461. The Balaban J connectivity index is 1.36. The molecule has 0 radical (unpaired) electrons. The Bertz CT molecular complexity index is 1310. The number of benzene rings is 2. The minimum atomic E-state index is -1.11. The van der Waals surface area contributed by atoms with Gasteiger partial charge in [-0.15, -0.1) is 0 Å². The largest absolute Gasteiger partial charge is 0.481 e. The van der Waals surface area contributed by atoms with E-state index in [4.69, 9.17) is 21.4 Å². The number of amides is 2. The van der Waals surface area contributed by atoms with Gasteiger partial charge in [0.1, 0.15) is 6.61 Å². The summed E-state index contributed by atoms with van der Waals surface area (Å²) in [4.78, 5) is 47.7. The summed E-state index contributed by atoms with van der Waals surface area (Å²) in [6.07, 6.45) is 5.94. The first-order chi connectivity index (χ1) is 16.7. The number of hydrazone groups is 1. The third kappa shape index (κ3) is 3.95. The van der Waals surface area contributed by atoms with E-state index < -0.39 is 28.4 Å². The lowest BCUT2D eigenvalue weighted by atomic mass is 9.85. The first kappa shape index (κ1) is 22.7. The van der Waals surface area contributed by atoms with E-state index in [9.17, 15) is 24.5 Å². The van der Waals surface area contributed by atoms with E-state index in [0.29, 0.717) is 5.56 Å². The van der Waals surface area contributed by atoms with Gasteiger partial charge in [-0.05, 0) is 42.0 Å². The molecule has 1 saturated carbocycles. The first-order valence-corrected chi connectivity index (χ1v) is 11.2. The van der Waals surface area contributed by atoms with Gasteiger partial charge in [0.15, 0.2) is 0 Å². The molecular weight excluding hydrogens is 478 g/mol. The molecule has 4 atom stereocenters. The summed E-state index contributed by atoms with van der Waals surface area (Å²) >= 11 is 6.26. The quantitative estimate of drug-likeness (QED) is 0.203. The highest BCUT2D eigenvalue weighted by Gasteiger charge is 2.59. The number of imide groups is 1. The van der Waals surface area contributed by atoms with Crippen LogP contribution in [-0.4, -0.2) is 39.0 Å². The molecule has 0 unspecified atom stereocenters. The van der Waals surface area contributed by atoms with Crippen LogP contribution in [0.25, 0.3) is 0 Å². The number of allylic oxidation sites excluding steroid dienone is 2. The Labute approximate surface area is 203 Å². The van der Waals surface area contributed by atoms with Crippen molar-refractivity contribution in [2.24, 2.45) is 28.8 Å². The van der Waals surface area contributed by atoms with Crippen LogP contribution in [-0.2, 0) is 16.2 Å². The van der Waals surface area contributed by atoms with Gasteiger partial charge < -0.3 is 9.84 Å². The SMILES string of the molecule is O=C(O)c1cccc(COc2c(Cl)cc(C=NN3C(=O)[C@@H]4[C@H](C3=O)[C@H]3C=C[C@H]4C3)cc2[N+](=O)[O-])c1. The number of carboxylic acids is 1. The van der Waals surface area contributed by atoms with Gasteiger partial charge in [-0.25, -0.2) is 4.79 Å². The number of halogens is 1. The van der Waals surface area contributed by atoms with Crippen molar-refractivity contribution in [3.63, 3.8) is 0 Å². The monoisotopic (exact) mass is 495 g/mol. The van der Waals surface area contributed by atoms with Gasteiger partial charge in [0, 0.05) is 11.6 Å². The normalized spacial score (nSPS) is 24.4. The van der Waals surface area contributed by atoms with Crippen molar-refractivity contribution < 1.29 is 29.2 Å². The van der Waals surface area contributed by atoms with Gasteiger partial charge in [0.2, 0.25) is 5.75 Å². The molecule has 11 heteroatoms. The van der Waals surface area contributed by atoms with Crippen LogP contribution in [0.5, 0.6) is 5.75 Å². The molecule has 3 aliphatic rings. The zero-order valence-corrected chi connectivity index (χ0v) is 18.8. The van der Waals surface area contributed by atoms with Crippen molar-refractivity contribution in [3.8, 4) is 5.75 Å². The summed E-state index contributed by atoms with van der Waals surface area (Å²) < 4.78 is 5.56. The van der Waals surface area contributed by atoms with Gasteiger partial charge >= 0.3 is 11.7 Å². The molecular formula is C24H18ClN3O7. The van der Waals surface area contributed by atoms with Crippen LogP contribution < -0.4 is 4.74 Å². The third-order valence-corrected chi connectivity index (χ3v) is 6.85. The number of hydrogen-bond donors (Lipinski definition) is 1. The van der Waals surface area contributed by atoms with E-state index in [-0.39, 0.29) is 52.2 Å². The van der Waals surface area contributed by atoms with Crippen molar-refractivity contribution in [2.75, 3.05) is 0 Å². The van der Waals surface area contributed by atoms with Gasteiger partial charge in [-0.2, -0.15) is 10.1 Å². The predicted octanol–water partition coefficient (Wildman–Crippen LogP) is 3.67. The molecule has 178 valence electrons. The molecule has 2 aliphatic carbocycles. The fourth-order valence-corrected chi connectivity index (χ4v) is 5.30. The Morgan fingerprint density at radius 2 is 1.89 bits per heavy atom. The summed E-state index contributed by atoms with van der Waals surface area (Å²) in [5, 5.41) is 25.6. The maximum absolute atomic E-state index is 12.8. The van der Waals surface area contributed by atoms with E-state index in [1.165, 1.54) is 36.5 Å². The van der Waals surface area contributed by atoms with Gasteiger partial charge in [0.05, 0.1) is 33.6 Å². The number of nitrogens with zero attached hydrogens (tertiary/aromatic N) is 3. The molecule has 0 aromatic heterocycles. The number of carboxylic acid groups (broad SMARTS) is 1. The highest BCUT2D eigenvalue weighted by molar-refractivity contribution is 6.32. The Kier molecular flexibility index (Phi) is 5.60. The summed E-state index contributed by atoms with van der Waals surface area (Å²) in [5.41, 5.74) is 0.311. The number of hydrogen-bond acceptors (Lipinski definition) is 7. The molecule has 2 aromatic carbocycles. The van der Waals surface area contributed by atoms with Crippen LogP contribution in [0.1, 0.15) is 27.9 Å². The minimum Gasteiger partial charge on any atom is -0.481 e. The molecule has 0 spiro atoms. The number of rotatable bonds is 7. The van der Waals surface area contributed by atoms with E-state index in [2.05, 4.69) is 5.10 Å². The lowest BCUT2D eigenvalue weighted by Crippen LogP contribution is -2.28. The molecule has 2 aromatic rings. The fraction of sp³-hybridized carbons (Fsp3) is 0.250. The molecule has 1 N–H and O–H groups in total. The van der Waals surface area contributed by atoms with Crippen LogP contribution in [0.4, 0.5) is 5.69 Å². The lowest BCUT2D eigenvalue weighted by molar-refractivity contribution is -0.385. The third-order valence-electron chi connectivity index (χ3n) is 6.57. The van der Waals surface area contributed by atoms with Crippen LogP contribution in [0, 0.1) is 33.8 Å². The summed E-state index contributed by atoms with van der Waals surface area (Å²) in [5.74, 6) is -2.74. The average Bonchev–Trinajstić information content (AvgIpc) is 3.51. The molecule has 35 heavy (non-hydrogen) atoms. The summed E-state index contributed by atoms with van der Waals surface area (Å²) in [7, 11) is 0. The van der Waals surface area contributed by atoms with Crippen LogP contribution >= 0.6 is 11.6 Å². The molecule has 2 fully saturated rings. The lowest BCUT2D eigenvalue weighted by Gasteiger charge is -2.13. The van der Waals surface area contributed by atoms with E-state index in [1.54, 1.807) is 6.07 Å².